The number of nitrogens with zero attached hydrogens (tertiary/aromatic N) is 2. The zero-order valence-electron chi connectivity index (χ0n) is 17.4. The van der Waals surface area contributed by atoms with Gasteiger partial charge in [0.1, 0.15) is 5.76 Å². The van der Waals surface area contributed by atoms with Crippen molar-refractivity contribution in [1.29, 1.82) is 0 Å². The lowest BCUT2D eigenvalue weighted by Crippen LogP contribution is -2.31. The number of carbonyl (C=O) groups is 3. The number of Topliss-reactive ketones (excluding diaryl/α,β-unsaturated/α-hetero) is 1. The first-order valence-electron chi connectivity index (χ1n) is 10.2. The Balaban J connectivity index is 2.06. The average Bonchev–Trinajstić information content (AvgIpc) is 3.03. The smallest absolute Gasteiger partial charge is 0.303 e. The first kappa shape index (κ1) is 23.9. The monoisotopic (exact) mass is 472 g/mol. The van der Waals surface area contributed by atoms with Crippen LogP contribution in [0.2, 0.25) is 5.02 Å². The van der Waals surface area contributed by atoms with Gasteiger partial charge in [-0.1, -0.05) is 30.2 Å². The second kappa shape index (κ2) is 10.3. The van der Waals surface area contributed by atoms with E-state index in [0.29, 0.717) is 24.3 Å². The molecule has 10 heteroatoms. The van der Waals surface area contributed by atoms with Gasteiger partial charge in [-0.25, -0.2) is 0 Å². The summed E-state index contributed by atoms with van der Waals surface area (Å²) >= 11 is 5.89. The number of carbonyl (C=O) groups excluding carboxylic acids is 2. The molecule has 1 heterocycles. The lowest BCUT2D eigenvalue weighted by molar-refractivity contribution is -0.385. The van der Waals surface area contributed by atoms with Gasteiger partial charge in [-0.3, -0.25) is 24.5 Å². The molecule has 1 aliphatic heterocycles. The number of nitro groups is 1. The molecule has 33 heavy (non-hydrogen) atoms. The van der Waals surface area contributed by atoms with Crippen LogP contribution >= 0.6 is 11.6 Å². The van der Waals surface area contributed by atoms with Crippen molar-refractivity contribution in [2.45, 2.75) is 31.7 Å². The van der Waals surface area contributed by atoms with Gasteiger partial charge >= 0.3 is 5.97 Å². The van der Waals surface area contributed by atoms with E-state index in [4.69, 9.17) is 16.7 Å². The van der Waals surface area contributed by atoms with Crippen LogP contribution in [0, 0.1) is 10.1 Å². The van der Waals surface area contributed by atoms with Crippen LogP contribution < -0.4 is 0 Å². The van der Waals surface area contributed by atoms with Gasteiger partial charge in [0.05, 0.1) is 22.1 Å². The normalized spacial score (nSPS) is 17.4. The number of halogens is 1. The van der Waals surface area contributed by atoms with Gasteiger partial charge in [-0.15, -0.1) is 0 Å². The molecule has 1 atom stereocenters. The number of hydrogen-bond acceptors (Lipinski definition) is 6. The quantitative estimate of drug-likeness (QED) is 0.138. The summed E-state index contributed by atoms with van der Waals surface area (Å²) in [4.78, 5) is 48.8. The Labute approximate surface area is 194 Å². The molecule has 1 unspecified atom stereocenters. The Hall–Kier alpha value is -3.72. The number of carboxylic acids is 1. The number of rotatable bonds is 9. The van der Waals surface area contributed by atoms with E-state index in [2.05, 4.69) is 0 Å². The first-order chi connectivity index (χ1) is 15.7. The molecule has 1 fully saturated rings. The van der Waals surface area contributed by atoms with Gasteiger partial charge in [0.25, 0.3) is 17.4 Å². The van der Waals surface area contributed by atoms with E-state index in [9.17, 15) is 29.6 Å². The number of para-hydroxylation sites is 1. The second-order valence-corrected chi connectivity index (χ2v) is 7.96. The van der Waals surface area contributed by atoms with Gasteiger partial charge in [0.2, 0.25) is 0 Å². The minimum Gasteiger partial charge on any atom is -0.507 e. The van der Waals surface area contributed by atoms with Crippen molar-refractivity contribution in [3.8, 4) is 0 Å². The van der Waals surface area contributed by atoms with Crippen LogP contribution in [-0.2, 0) is 14.4 Å². The second-order valence-electron chi connectivity index (χ2n) is 7.52. The minimum absolute atomic E-state index is 0.0248. The van der Waals surface area contributed by atoms with Crippen molar-refractivity contribution in [3.63, 3.8) is 0 Å². The molecule has 0 bridgehead atoms. The van der Waals surface area contributed by atoms with E-state index in [1.807, 2.05) is 0 Å². The highest BCUT2D eigenvalue weighted by atomic mass is 35.5. The fourth-order valence-corrected chi connectivity index (χ4v) is 3.94. The van der Waals surface area contributed by atoms with Gasteiger partial charge in [-0.05, 0) is 43.2 Å². The third-order valence-electron chi connectivity index (χ3n) is 5.38. The number of aliphatic hydroxyl groups excluding tert-OH is 1. The highest BCUT2D eigenvalue weighted by Gasteiger charge is 2.47. The number of aliphatic carboxylic acids is 1. The molecule has 2 aromatic carbocycles. The molecule has 1 aliphatic rings. The van der Waals surface area contributed by atoms with Crippen molar-refractivity contribution in [2.24, 2.45) is 0 Å². The zero-order valence-corrected chi connectivity index (χ0v) is 18.2. The molecule has 1 saturated heterocycles. The average molecular weight is 473 g/mol. The maximum absolute atomic E-state index is 13.0. The fraction of sp³-hybridized carbons (Fsp3) is 0.261. The molecular formula is C23H21ClN2O7. The fourth-order valence-electron chi connectivity index (χ4n) is 3.82. The number of likely N-dealkylation sites (tertiary alicyclic amines) is 1. The molecule has 2 aromatic rings. The largest absolute Gasteiger partial charge is 0.507 e. The molecule has 1 amide bonds. The van der Waals surface area contributed by atoms with Gasteiger partial charge < -0.3 is 15.1 Å². The van der Waals surface area contributed by atoms with Gasteiger partial charge in [0.15, 0.2) is 0 Å². The first-order valence-corrected chi connectivity index (χ1v) is 10.6. The van der Waals surface area contributed by atoms with Crippen LogP contribution in [0.1, 0.15) is 42.9 Å². The maximum Gasteiger partial charge on any atom is 0.303 e. The molecular weight excluding hydrogens is 452 g/mol. The molecule has 2 N–H and O–H groups in total. The van der Waals surface area contributed by atoms with E-state index in [0.717, 1.165) is 0 Å². The zero-order chi connectivity index (χ0) is 24.1. The number of aliphatic hydroxyl groups is 1. The summed E-state index contributed by atoms with van der Waals surface area (Å²) in [6.45, 7) is 0.0678. The Morgan fingerprint density at radius 2 is 1.70 bits per heavy atom. The number of amides is 1. The number of carboxylic acid groups (broad SMARTS) is 1. The van der Waals surface area contributed by atoms with Crippen molar-refractivity contribution in [3.05, 3.63) is 80.4 Å². The van der Waals surface area contributed by atoms with Crippen molar-refractivity contribution >= 4 is 40.7 Å². The highest BCUT2D eigenvalue weighted by molar-refractivity contribution is 6.46. The molecule has 0 spiro atoms. The van der Waals surface area contributed by atoms with Crippen LogP contribution in [0.4, 0.5) is 5.69 Å². The van der Waals surface area contributed by atoms with Crippen molar-refractivity contribution in [1.82, 2.24) is 4.90 Å². The van der Waals surface area contributed by atoms with E-state index < -0.39 is 34.4 Å². The van der Waals surface area contributed by atoms with Crippen LogP contribution in [0.15, 0.2) is 54.1 Å². The summed E-state index contributed by atoms with van der Waals surface area (Å²) in [6, 6.07) is 10.6. The molecule has 0 aliphatic carbocycles. The summed E-state index contributed by atoms with van der Waals surface area (Å²) in [5, 5.41) is 31.8. The van der Waals surface area contributed by atoms with Crippen LogP contribution in [-0.4, -0.2) is 44.2 Å². The molecule has 172 valence electrons. The lowest BCUT2D eigenvalue weighted by atomic mass is 9.94. The Morgan fingerprint density at radius 1 is 1.03 bits per heavy atom. The van der Waals surface area contributed by atoms with E-state index >= 15 is 0 Å². The van der Waals surface area contributed by atoms with Gasteiger partial charge in [0, 0.05) is 29.6 Å². The summed E-state index contributed by atoms with van der Waals surface area (Å²) in [6.07, 6.45) is 1.23. The number of hydrogen-bond donors (Lipinski definition) is 2. The predicted octanol–water partition coefficient (Wildman–Crippen LogP) is 4.31. The summed E-state index contributed by atoms with van der Waals surface area (Å²) < 4.78 is 0. The Kier molecular flexibility index (Phi) is 7.44. The topological polar surface area (TPSA) is 138 Å². The molecule has 0 aromatic heterocycles. The lowest BCUT2D eigenvalue weighted by Gasteiger charge is -2.25. The van der Waals surface area contributed by atoms with E-state index in [-0.39, 0.29) is 35.4 Å². The Morgan fingerprint density at radius 3 is 2.33 bits per heavy atom. The van der Waals surface area contributed by atoms with Crippen molar-refractivity contribution < 1.29 is 29.5 Å². The van der Waals surface area contributed by atoms with Crippen LogP contribution in [0.5, 0.6) is 0 Å². The SMILES string of the molecule is O=C(O)CCCCCN1C(=O)C(=O)/C(=C(\O)c2ccc(Cl)cc2)C1c1ccccc1[N+](=O)[O-]. The standard InChI is InChI=1S/C23H21ClN2O7/c24-15-11-9-14(10-12-15)21(29)19-20(16-6-3-4-7-17(16)26(32)33)25(23(31)22(19)30)13-5-1-2-8-18(27)28/h3-4,6-7,9-12,20,29H,1-2,5,8,13H2,(H,27,28)/b21-19-. The summed E-state index contributed by atoms with van der Waals surface area (Å²) in [5.41, 5.74) is -0.199. The molecule has 3 rings (SSSR count). The minimum atomic E-state index is -1.17. The van der Waals surface area contributed by atoms with E-state index in [1.54, 1.807) is 6.07 Å². The third kappa shape index (κ3) is 5.20. The number of nitro benzene ring substituents is 1. The number of ketones is 1. The summed E-state index contributed by atoms with van der Waals surface area (Å²) in [5.74, 6) is -3.22. The van der Waals surface area contributed by atoms with Crippen molar-refractivity contribution in [2.75, 3.05) is 6.54 Å². The van der Waals surface area contributed by atoms with Gasteiger partial charge in [-0.2, -0.15) is 0 Å². The van der Waals surface area contributed by atoms with E-state index in [1.165, 1.54) is 47.4 Å². The number of benzene rings is 2. The summed E-state index contributed by atoms with van der Waals surface area (Å²) in [7, 11) is 0. The third-order valence-corrected chi connectivity index (χ3v) is 5.63. The Bertz CT molecular complexity index is 1130. The molecule has 9 nitrogen and oxygen atoms in total. The number of unbranched alkanes of at least 4 members (excludes halogenated alkanes) is 2. The molecule has 0 saturated carbocycles. The molecule has 0 radical (unpaired) electrons. The highest BCUT2D eigenvalue weighted by Crippen LogP contribution is 2.42. The van der Waals surface area contributed by atoms with Crippen LogP contribution in [0.25, 0.3) is 5.76 Å². The predicted molar refractivity (Wildman–Crippen MR) is 120 cm³/mol. The van der Waals surface area contributed by atoms with Crippen LogP contribution in [0.3, 0.4) is 0 Å². The maximum atomic E-state index is 13.0.